The van der Waals surface area contributed by atoms with E-state index in [9.17, 15) is 9.36 Å². The van der Waals surface area contributed by atoms with Crippen molar-refractivity contribution in [1.29, 1.82) is 0 Å². The summed E-state index contributed by atoms with van der Waals surface area (Å²) in [5.41, 5.74) is -1.27. The maximum Gasteiger partial charge on any atom is 0.413 e. The van der Waals surface area contributed by atoms with Crippen LogP contribution < -0.4 is 11.5 Å². The number of carbonyl (C=O) groups is 1. The van der Waals surface area contributed by atoms with Crippen LogP contribution in [0, 0.1) is 0 Å². The van der Waals surface area contributed by atoms with E-state index < -0.39 is 13.2 Å². The molecule has 0 bridgehead atoms. The molecule has 0 spiro atoms. The lowest BCUT2D eigenvalue weighted by atomic mass is 10.6. The number of amides is 1. The second kappa shape index (κ2) is 5.03. The van der Waals surface area contributed by atoms with Crippen LogP contribution in [-0.2, 0) is 4.57 Å². The summed E-state index contributed by atoms with van der Waals surface area (Å²) in [6, 6.07) is 0. The molecule has 0 aliphatic rings. The van der Waals surface area contributed by atoms with Crippen molar-refractivity contribution in [3.8, 4) is 0 Å². The van der Waals surface area contributed by atoms with Gasteiger partial charge in [0.15, 0.2) is 0 Å². The Morgan fingerprint density at radius 3 is 2.36 bits per heavy atom. The van der Waals surface area contributed by atoms with Crippen molar-refractivity contribution in [2.45, 2.75) is 0 Å². The third-order valence-corrected chi connectivity index (χ3v) is 1.35. The Labute approximate surface area is 64.0 Å². The highest BCUT2D eigenvalue weighted by Crippen LogP contribution is 2.34. The van der Waals surface area contributed by atoms with Gasteiger partial charge in [-0.05, 0) is 0 Å². The quantitative estimate of drug-likeness (QED) is 0.367. The maximum atomic E-state index is 10.3. The summed E-state index contributed by atoms with van der Waals surface area (Å²) in [4.78, 5) is 26.7. The Morgan fingerprint density at radius 1 is 1.64 bits per heavy atom. The molecule has 0 aromatic carbocycles. The third-order valence-electron chi connectivity index (χ3n) is 0.662. The molecule has 0 aromatic rings. The average Bonchev–Trinajstić information content (AvgIpc) is 1.80. The van der Waals surface area contributed by atoms with Crippen LogP contribution in [0.1, 0.15) is 0 Å². The van der Waals surface area contributed by atoms with Crippen LogP contribution in [0.3, 0.4) is 0 Å². The van der Waals surface area contributed by atoms with Crippen LogP contribution in [0.5, 0.6) is 0 Å². The molecule has 0 aliphatic carbocycles. The summed E-state index contributed by atoms with van der Waals surface area (Å²) in [5, 5.41) is 1.95. The molecular formula is C4H11N2O4P. The zero-order valence-electron chi connectivity index (χ0n) is 5.86. The van der Waals surface area contributed by atoms with Gasteiger partial charge in [-0.25, -0.2) is 4.57 Å². The van der Waals surface area contributed by atoms with E-state index in [2.05, 4.69) is 6.58 Å². The smallest absolute Gasteiger partial charge is 0.344 e. The first-order chi connectivity index (χ1) is 4.48. The minimum absolute atomic E-state index is 0. The standard InChI is InChI=1S/C4H8NO4P.H3N/c1-2-3-5-4(6)10(7,8)9;/h2H,1,3H2,(H,5,6)(H2,7,8,9);1H3. The monoisotopic (exact) mass is 182 g/mol. The van der Waals surface area contributed by atoms with E-state index in [1.807, 2.05) is 5.32 Å². The van der Waals surface area contributed by atoms with Crippen molar-refractivity contribution in [3.63, 3.8) is 0 Å². The Bertz CT molecular complexity index is 187. The van der Waals surface area contributed by atoms with Gasteiger partial charge in [0.05, 0.1) is 0 Å². The predicted octanol–water partition coefficient (Wildman–Crippen LogP) is 0.222. The average molecular weight is 182 g/mol. The Balaban J connectivity index is 0. The van der Waals surface area contributed by atoms with E-state index in [1.165, 1.54) is 6.08 Å². The summed E-state index contributed by atoms with van der Waals surface area (Å²) < 4.78 is 10.1. The second-order valence-electron chi connectivity index (χ2n) is 1.52. The van der Waals surface area contributed by atoms with Gasteiger partial charge in [0.1, 0.15) is 0 Å². The van der Waals surface area contributed by atoms with E-state index in [-0.39, 0.29) is 12.7 Å². The topological polar surface area (TPSA) is 122 Å². The van der Waals surface area contributed by atoms with Gasteiger partial charge in [0.25, 0.3) is 0 Å². The molecule has 0 unspecified atom stereocenters. The van der Waals surface area contributed by atoms with Crippen molar-refractivity contribution < 1.29 is 19.1 Å². The number of hydrogen-bond acceptors (Lipinski definition) is 3. The molecule has 0 aromatic heterocycles. The first-order valence-corrected chi connectivity index (χ1v) is 4.04. The first kappa shape index (κ1) is 12.9. The fourth-order valence-corrected chi connectivity index (χ4v) is 0.560. The van der Waals surface area contributed by atoms with Gasteiger partial charge >= 0.3 is 13.2 Å². The second-order valence-corrected chi connectivity index (χ2v) is 3.01. The number of carbonyl (C=O) groups excluding carboxylic acids is 1. The van der Waals surface area contributed by atoms with Crippen LogP contribution in [0.2, 0.25) is 0 Å². The van der Waals surface area contributed by atoms with Crippen molar-refractivity contribution in [3.05, 3.63) is 12.7 Å². The van der Waals surface area contributed by atoms with Gasteiger partial charge in [-0.3, -0.25) is 4.79 Å². The molecule has 0 saturated carbocycles. The summed E-state index contributed by atoms with van der Waals surface area (Å²) >= 11 is 0. The third kappa shape index (κ3) is 5.75. The lowest BCUT2D eigenvalue weighted by molar-refractivity contribution is 0.249. The van der Waals surface area contributed by atoms with Gasteiger partial charge < -0.3 is 21.3 Å². The Hall–Kier alpha value is -0.680. The van der Waals surface area contributed by atoms with E-state index in [1.54, 1.807) is 0 Å². The molecule has 1 amide bonds. The molecule has 66 valence electrons. The SMILES string of the molecule is C=CCNC(=O)P(=O)(O)O.N. The summed E-state index contributed by atoms with van der Waals surface area (Å²) in [6.45, 7) is 3.31. The summed E-state index contributed by atoms with van der Waals surface area (Å²) in [5.74, 6) is 0. The van der Waals surface area contributed by atoms with Crippen molar-refractivity contribution >= 4 is 13.2 Å². The number of nitrogens with one attached hydrogen (secondary N) is 1. The largest absolute Gasteiger partial charge is 0.413 e. The van der Waals surface area contributed by atoms with E-state index in [4.69, 9.17) is 9.79 Å². The van der Waals surface area contributed by atoms with Gasteiger partial charge in [0, 0.05) is 6.54 Å². The Morgan fingerprint density at radius 2 is 2.09 bits per heavy atom. The highest BCUT2D eigenvalue weighted by Gasteiger charge is 2.24. The van der Waals surface area contributed by atoms with E-state index >= 15 is 0 Å². The van der Waals surface area contributed by atoms with Crippen LogP contribution in [0.25, 0.3) is 0 Å². The molecular weight excluding hydrogens is 171 g/mol. The minimum Gasteiger partial charge on any atom is -0.344 e. The highest BCUT2D eigenvalue weighted by atomic mass is 31.2. The van der Waals surface area contributed by atoms with Crippen LogP contribution >= 0.6 is 7.60 Å². The molecule has 6 nitrogen and oxygen atoms in total. The molecule has 0 rings (SSSR count). The van der Waals surface area contributed by atoms with Gasteiger partial charge in [-0.15, -0.1) is 6.58 Å². The Kier molecular flexibility index (Phi) is 5.93. The zero-order chi connectivity index (χ0) is 8.20. The minimum atomic E-state index is -4.58. The lowest BCUT2D eigenvalue weighted by Gasteiger charge is -2.01. The van der Waals surface area contributed by atoms with Crippen molar-refractivity contribution in [2.75, 3.05) is 6.54 Å². The molecule has 0 saturated heterocycles. The van der Waals surface area contributed by atoms with Gasteiger partial charge in [0.2, 0.25) is 0 Å². The normalized spacial score (nSPS) is 9.64. The molecule has 11 heavy (non-hydrogen) atoms. The lowest BCUT2D eigenvalue weighted by Crippen LogP contribution is -2.21. The molecule has 6 N–H and O–H groups in total. The molecule has 0 heterocycles. The van der Waals surface area contributed by atoms with Crippen LogP contribution in [0.4, 0.5) is 4.79 Å². The first-order valence-electron chi connectivity index (χ1n) is 2.43. The fraction of sp³-hybridized carbons (Fsp3) is 0.250. The highest BCUT2D eigenvalue weighted by molar-refractivity contribution is 7.69. The summed E-state index contributed by atoms with van der Waals surface area (Å²) in [6.07, 6.45) is 1.33. The molecule has 0 fully saturated rings. The van der Waals surface area contributed by atoms with Gasteiger partial charge in [-0.2, -0.15) is 0 Å². The summed E-state index contributed by atoms with van der Waals surface area (Å²) in [7, 11) is -4.58. The molecule has 7 heteroatoms. The van der Waals surface area contributed by atoms with Gasteiger partial charge in [-0.1, -0.05) is 6.08 Å². The maximum absolute atomic E-state index is 10.3. The van der Waals surface area contributed by atoms with Crippen LogP contribution in [-0.4, -0.2) is 22.0 Å². The number of hydrogen-bond donors (Lipinski definition) is 4. The van der Waals surface area contributed by atoms with Crippen LogP contribution in [0.15, 0.2) is 12.7 Å². The van der Waals surface area contributed by atoms with E-state index in [0.717, 1.165) is 0 Å². The molecule has 0 aliphatic heterocycles. The fourth-order valence-electron chi connectivity index (χ4n) is 0.262. The predicted molar refractivity (Wildman–Crippen MR) is 40.7 cm³/mol. The van der Waals surface area contributed by atoms with E-state index in [0.29, 0.717) is 0 Å². The number of rotatable bonds is 3. The van der Waals surface area contributed by atoms with Crippen molar-refractivity contribution in [1.82, 2.24) is 11.5 Å². The zero-order valence-corrected chi connectivity index (χ0v) is 6.75. The van der Waals surface area contributed by atoms with Crippen molar-refractivity contribution in [2.24, 2.45) is 0 Å². The molecule has 0 radical (unpaired) electrons. The molecule has 0 atom stereocenters.